The van der Waals surface area contributed by atoms with Gasteiger partial charge in [-0.2, -0.15) is 0 Å². The van der Waals surface area contributed by atoms with Crippen molar-refractivity contribution in [3.8, 4) is 0 Å². The Morgan fingerprint density at radius 3 is 2.67 bits per heavy atom. The van der Waals surface area contributed by atoms with Gasteiger partial charge in [0, 0.05) is 0 Å². The van der Waals surface area contributed by atoms with Crippen LogP contribution in [0.2, 0.25) is 0 Å². The first-order valence-electron chi connectivity index (χ1n) is 4.15. The Bertz CT molecular complexity index is 157. The van der Waals surface area contributed by atoms with Crippen molar-refractivity contribution in [1.82, 2.24) is 0 Å². The Morgan fingerprint density at radius 1 is 1.50 bits per heavy atom. The van der Waals surface area contributed by atoms with Crippen LogP contribution in [0.15, 0.2) is 0 Å². The number of ether oxygens (including phenoxy) is 1. The van der Waals surface area contributed by atoms with E-state index in [9.17, 15) is 4.79 Å². The van der Waals surface area contributed by atoms with Gasteiger partial charge in [0.2, 0.25) is 0 Å². The van der Waals surface area contributed by atoms with Gasteiger partial charge < -0.3 is 10.5 Å². The molecule has 0 aromatic rings. The van der Waals surface area contributed by atoms with Crippen molar-refractivity contribution in [1.29, 1.82) is 5.41 Å². The van der Waals surface area contributed by atoms with E-state index < -0.39 is 5.97 Å². The number of carbonyl (C=O) groups excluding carboxylic acids is 1. The lowest BCUT2D eigenvalue weighted by atomic mass is 10.3. The summed E-state index contributed by atoms with van der Waals surface area (Å²) in [4.78, 5) is 10.8. The van der Waals surface area contributed by atoms with Crippen LogP contribution in [-0.2, 0) is 9.53 Å². The molecule has 0 fully saturated rings. The molecule has 0 amide bonds. The van der Waals surface area contributed by atoms with E-state index in [2.05, 4.69) is 6.92 Å². The Labute approximate surface area is 72.6 Å². The number of nitrogens with one attached hydrogen (secondary N) is 1. The van der Waals surface area contributed by atoms with Gasteiger partial charge in [0.25, 0.3) is 0 Å². The van der Waals surface area contributed by atoms with Crippen molar-refractivity contribution in [3.63, 3.8) is 0 Å². The molecule has 0 spiro atoms. The van der Waals surface area contributed by atoms with E-state index in [0.717, 1.165) is 19.3 Å². The number of rotatable bonds is 6. The molecule has 0 saturated heterocycles. The SMILES string of the molecule is CCCCCOC(=O)CC(=N)N. The van der Waals surface area contributed by atoms with Gasteiger partial charge in [0.15, 0.2) is 0 Å². The topological polar surface area (TPSA) is 76.2 Å². The van der Waals surface area contributed by atoms with Crippen molar-refractivity contribution in [3.05, 3.63) is 0 Å². The normalized spacial score (nSPS) is 9.42. The first-order chi connectivity index (χ1) is 5.66. The van der Waals surface area contributed by atoms with Crippen molar-refractivity contribution < 1.29 is 9.53 Å². The van der Waals surface area contributed by atoms with Crippen LogP contribution in [0.1, 0.15) is 32.6 Å². The minimum absolute atomic E-state index is 0.0911. The predicted molar refractivity (Wildman–Crippen MR) is 47.0 cm³/mol. The number of carbonyl (C=O) groups is 1. The van der Waals surface area contributed by atoms with E-state index in [1.807, 2.05) is 0 Å². The number of hydrogen-bond donors (Lipinski definition) is 2. The van der Waals surface area contributed by atoms with Crippen LogP contribution in [0.3, 0.4) is 0 Å². The van der Waals surface area contributed by atoms with Gasteiger partial charge in [-0.25, -0.2) is 0 Å². The summed E-state index contributed by atoms with van der Waals surface area (Å²) in [6.07, 6.45) is 2.96. The van der Waals surface area contributed by atoms with Gasteiger partial charge in [-0.3, -0.25) is 10.2 Å². The Balaban J connectivity index is 3.26. The summed E-state index contributed by atoms with van der Waals surface area (Å²) >= 11 is 0. The highest BCUT2D eigenvalue weighted by molar-refractivity contribution is 5.94. The fourth-order valence-corrected chi connectivity index (χ4v) is 0.745. The van der Waals surface area contributed by atoms with Crippen LogP contribution in [0, 0.1) is 5.41 Å². The molecule has 12 heavy (non-hydrogen) atoms. The fraction of sp³-hybridized carbons (Fsp3) is 0.750. The lowest BCUT2D eigenvalue weighted by Gasteiger charge is -2.02. The number of nitrogens with two attached hydrogens (primary N) is 1. The summed E-state index contributed by atoms with van der Waals surface area (Å²) in [5.74, 6) is -0.547. The molecule has 0 aromatic heterocycles. The van der Waals surface area contributed by atoms with Crippen LogP contribution in [0.5, 0.6) is 0 Å². The zero-order valence-electron chi connectivity index (χ0n) is 7.43. The maximum atomic E-state index is 10.8. The largest absolute Gasteiger partial charge is 0.465 e. The minimum atomic E-state index is -0.404. The highest BCUT2D eigenvalue weighted by Gasteiger charge is 2.03. The highest BCUT2D eigenvalue weighted by Crippen LogP contribution is 1.95. The zero-order valence-corrected chi connectivity index (χ0v) is 7.43. The van der Waals surface area contributed by atoms with Gasteiger partial charge >= 0.3 is 5.97 Å². The molecule has 0 atom stereocenters. The summed E-state index contributed by atoms with van der Waals surface area (Å²) in [5.41, 5.74) is 5.01. The van der Waals surface area contributed by atoms with Gasteiger partial charge in [0.05, 0.1) is 6.61 Å². The molecule has 0 rings (SSSR count). The molecule has 0 aromatic carbocycles. The first-order valence-corrected chi connectivity index (χ1v) is 4.15. The van der Waals surface area contributed by atoms with E-state index in [0.29, 0.717) is 6.61 Å². The third-order valence-corrected chi connectivity index (χ3v) is 1.35. The third kappa shape index (κ3) is 7.05. The number of unbranched alkanes of at least 4 members (excludes halogenated alkanes) is 2. The van der Waals surface area contributed by atoms with Crippen LogP contribution >= 0.6 is 0 Å². The van der Waals surface area contributed by atoms with Crippen molar-refractivity contribution in [2.45, 2.75) is 32.6 Å². The van der Waals surface area contributed by atoms with Crippen molar-refractivity contribution in [2.24, 2.45) is 5.73 Å². The second-order valence-electron chi connectivity index (χ2n) is 2.63. The molecule has 0 saturated carbocycles. The third-order valence-electron chi connectivity index (χ3n) is 1.35. The van der Waals surface area contributed by atoms with E-state index in [1.165, 1.54) is 0 Å². The lowest BCUT2D eigenvalue weighted by molar-refractivity contribution is -0.142. The smallest absolute Gasteiger partial charge is 0.313 e. The Hall–Kier alpha value is -1.06. The lowest BCUT2D eigenvalue weighted by Crippen LogP contribution is -2.17. The molecule has 0 aliphatic carbocycles. The molecule has 0 unspecified atom stereocenters. The molecule has 0 radical (unpaired) electrons. The quantitative estimate of drug-likeness (QED) is 0.272. The van der Waals surface area contributed by atoms with E-state index in [1.54, 1.807) is 0 Å². The van der Waals surface area contributed by atoms with E-state index in [-0.39, 0.29) is 12.3 Å². The molecular formula is C8H16N2O2. The number of hydrogen-bond acceptors (Lipinski definition) is 3. The summed E-state index contributed by atoms with van der Waals surface area (Å²) in [5, 5.41) is 6.82. The standard InChI is InChI=1S/C8H16N2O2/c1-2-3-4-5-12-8(11)6-7(9)10/h2-6H2,1H3,(H3,9,10). The number of amidine groups is 1. The first kappa shape index (κ1) is 10.9. The van der Waals surface area contributed by atoms with Gasteiger partial charge in [-0.05, 0) is 6.42 Å². The van der Waals surface area contributed by atoms with Crippen LogP contribution in [0.25, 0.3) is 0 Å². The maximum absolute atomic E-state index is 10.8. The van der Waals surface area contributed by atoms with Crippen molar-refractivity contribution in [2.75, 3.05) is 6.61 Å². The summed E-state index contributed by atoms with van der Waals surface area (Å²) < 4.78 is 4.80. The summed E-state index contributed by atoms with van der Waals surface area (Å²) in [6.45, 7) is 2.53. The van der Waals surface area contributed by atoms with E-state index >= 15 is 0 Å². The molecule has 0 heterocycles. The zero-order chi connectivity index (χ0) is 9.40. The molecule has 0 bridgehead atoms. The van der Waals surface area contributed by atoms with Crippen molar-refractivity contribution >= 4 is 11.8 Å². The highest BCUT2D eigenvalue weighted by atomic mass is 16.5. The molecule has 4 heteroatoms. The minimum Gasteiger partial charge on any atom is -0.465 e. The second-order valence-corrected chi connectivity index (χ2v) is 2.63. The molecule has 4 nitrogen and oxygen atoms in total. The molecular weight excluding hydrogens is 156 g/mol. The molecule has 0 aliphatic rings. The monoisotopic (exact) mass is 172 g/mol. The van der Waals surface area contributed by atoms with Crippen LogP contribution in [-0.4, -0.2) is 18.4 Å². The van der Waals surface area contributed by atoms with Gasteiger partial charge in [-0.1, -0.05) is 19.8 Å². The molecule has 70 valence electrons. The van der Waals surface area contributed by atoms with Gasteiger partial charge in [-0.15, -0.1) is 0 Å². The average Bonchev–Trinajstić information content (AvgIpc) is 1.97. The number of esters is 1. The molecule has 0 aliphatic heterocycles. The van der Waals surface area contributed by atoms with Crippen LogP contribution < -0.4 is 5.73 Å². The average molecular weight is 172 g/mol. The van der Waals surface area contributed by atoms with E-state index in [4.69, 9.17) is 15.9 Å². The Kier molecular flexibility index (Phi) is 6.05. The summed E-state index contributed by atoms with van der Waals surface area (Å²) in [7, 11) is 0. The van der Waals surface area contributed by atoms with Crippen LogP contribution in [0.4, 0.5) is 0 Å². The fourth-order valence-electron chi connectivity index (χ4n) is 0.745. The molecule has 3 N–H and O–H groups in total. The second kappa shape index (κ2) is 6.64. The predicted octanol–water partition coefficient (Wildman–Crippen LogP) is 1.05. The van der Waals surface area contributed by atoms with Gasteiger partial charge in [0.1, 0.15) is 12.3 Å². The maximum Gasteiger partial charge on any atom is 0.313 e. The summed E-state index contributed by atoms with van der Waals surface area (Å²) in [6, 6.07) is 0. The Morgan fingerprint density at radius 2 is 2.17 bits per heavy atom.